The first kappa shape index (κ1) is 24.2. The summed E-state index contributed by atoms with van der Waals surface area (Å²) in [5.74, 6) is -2.34. The molecule has 2 N–H and O–H groups in total. The zero-order valence-electron chi connectivity index (χ0n) is 19.6. The van der Waals surface area contributed by atoms with Crippen molar-refractivity contribution in [3.8, 4) is 0 Å². The maximum atomic E-state index is 13.2. The number of aliphatic hydroxyl groups excluding tert-OH is 1. The number of H-pyrrole nitrogens is 1. The Bertz CT molecular complexity index is 1090. The normalized spacial score (nSPS) is 17.8. The number of nitrogens with one attached hydrogen (secondary N) is 1. The van der Waals surface area contributed by atoms with Gasteiger partial charge in [-0.25, -0.2) is 4.79 Å². The zero-order valence-corrected chi connectivity index (χ0v) is 19.6. The summed E-state index contributed by atoms with van der Waals surface area (Å²) in [5, 5.41) is 11.3. The minimum Gasteiger partial charge on any atom is -0.507 e. The van der Waals surface area contributed by atoms with E-state index in [2.05, 4.69) is 14.9 Å². The number of ketones is 1. The second-order valence-electron chi connectivity index (χ2n) is 7.92. The Labute approximate surface area is 193 Å². The van der Waals surface area contributed by atoms with Crippen molar-refractivity contribution in [1.82, 2.24) is 19.8 Å². The molecular weight excluding hydrogens is 424 g/mol. The summed E-state index contributed by atoms with van der Waals surface area (Å²) in [7, 11) is 1.27. The molecule has 0 radical (unpaired) electrons. The van der Waals surface area contributed by atoms with Crippen LogP contribution in [0.3, 0.4) is 0 Å². The first-order valence-corrected chi connectivity index (χ1v) is 10.9. The lowest BCUT2D eigenvalue weighted by molar-refractivity contribution is -0.140. The number of pyridine rings is 1. The molecule has 1 saturated heterocycles. The molecule has 0 bridgehead atoms. The number of carbonyl (C=O) groups excluding carboxylic acids is 3. The van der Waals surface area contributed by atoms with Gasteiger partial charge in [0.05, 0.1) is 18.7 Å². The monoisotopic (exact) mass is 454 g/mol. The standard InChI is InChI=1S/C24H30N4O5/c1-6-27(7-2)11-12-28-20(16-9-8-10-25-13-16)18(22(30)23(28)31)21(29)17-14(3)19(24(32)33-5)26-15(17)4/h8-10,13,20,26,29H,6-7,11-12H2,1-5H3/t20-/m1/s1. The number of likely N-dealkylation sites (tertiary alicyclic amines) is 1. The summed E-state index contributed by atoms with van der Waals surface area (Å²) in [6.07, 6.45) is 3.19. The summed E-state index contributed by atoms with van der Waals surface area (Å²) in [5.41, 5.74) is 2.03. The first-order chi connectivity index (χ1) is 15.8. The molecule has 3 rings (SSSR count). The van der Waals surface area contributed by atoms with Crippen molar-refractivity contribution in [1.29, 1.82) is 0 Å². The summed E-state index contributed by atoms with van der Waals surface area (Å²) < 4.78 is 4.80. The van der Waals surface area contributed by atoms with E-state index < -0.39 is 23.7 Å². The van der Waals surface area contributed by atoms with E-state index in [1.54, 1.807) is 38.4 Å². The van der Waals surface area contributed by atoms with Crippen LogP contribution < -0.4 is 0 Å². The number of aryl methyl sites for hydroxylation is 1. The second kappa shape index (κ2) is 9.99. The molecule has 1 fully saturated rings. The van der Waals surface area contributed by atoms with Crippen LogP contribution in [0, 0.1) is 13.8 Å². The molecule has 33 heavy (non-hydrogen) atoms. The van der Waals surface area contributed by atoms with Gasteiger partial charge >= 0.3 is 5.97 Å². The van der Waals surface area contributed by atoms with Gasteiger partial charge in [0.1, 0.15) is 11.5 Å². The Balaban J connectivity index is 2.16. The number of aromatic amines is 1. The summed E-state index contributed by atoms with van der Waals surface area (Å²) >= 11 is 0. The van der Waals surface area contributed by atoms with E-state index in [4.69, 9.17) is 4.74 Å². The van der Waals surface area contributed by atoms with E-state index in [1.165, 1.54) is 12.0 Å². The van der Waals surface area contributed by atoms with Gasteiger partial charge in [0.15, 0.2) is 0 Å². The van der Waals surface area contributed by atoms with Crippen LogP contribution in [0.4, 0.5) is 0 Å². The average Bonchev–Trinajstić information content (AvgIpc) is 3.26. The highest BCUT2D eigenvalue weighted by Gasteiger charge is 2.46. The predicted octanol–water partition coefficient (Wildman–Crippen LogP) is 2.58. The lowest BCUT2D eigenvalue weighted by atomic mass is 9.95. The Morgan fingerprint density at radius 3 is 2.55 bits per heavy atom. The maximum absolute atomic E-state index is 13.2. The number of Topliss-reactive ketones (excluding diaryl/α,β-unsaturated/α-hetero) is 1. The Morgan fingerprint density at radius 1 is 1.27 bits per heavy atom. The van der Waals surface area contributed by atoms with Gasteiger partial charge in [-0.05, 0) is 44.1 Å². The highest BCUT2D eigenvalue weighted by Crippen LogP contribution is 2.40. The minimum absolute atomic E-state index is 0.0193. The summed E-state index contributed by atoms with van der Waals surface area (Å²) in [6.45, 7) is 9.95. The van der Waals surface area contributed by atoms with Gasteiger partial charge in [-0.1, -0.05) is 19.9 Å². The Kier molecular flexibility index (Phi) is 7.33. The molecule has 2 aromatic heterocycles. The van der Waals surface area contributed by atoms with Crippen molar-refractivity contribution < 1.29 is 24.2 Å². The Hall–Kier alpha value is -3.46. The summed E-state index contributed by atoms with van der Waals surface area (Å²) in [4.78, 5) is 49.1. The number of nitrogens with zero attached hydrogens (tertiary/aromatic N) is 3. The largest absolute Gasteiger partial charge is 0.507 e. The van der Waals surface area contributed by atoms with Crippen molar-refractivity contribution in [2.24, 2.45) is 0 Å². The van der Waals surface area contributed by atoms with Crippen molar-refractivity contribution in [3.63, 3.8) is 0 Å². The molecule has 2 aromatic rings. The molecule has 9 nitrogen and oxygen atoms in total. The van der Waals surface area contributed by atoms with Gasteiger partial charge in [0.25, 0.3) is 11.7 Å². The van der Waals surface area contributed by atoms with Gasteiger partial charge < -0.3 is 24.6 Å². The van der Waals surface area contributed by atoms with E-state index in [0.29, 0.717) is 35.5 Å². The second-order valence-corrected chi connectivity index (χ2v) is 7.92. The van der Waals surface area contributed by atoms with Crippen LogP contribution in [0.1, 0.15) is 52.8 Å². The topological polar surface area (TPSA) is 116 Å². The predicted molar refractivity (Wildman–Crippen MR) is 123 cm³/mol. The number of methoxy groups -OCH3 is 1. The molecule has 1 atom stereocenters. The molecule has 1 aliphatic rings. The molecule has 1 amide bonds. The first-order valence-electron chi connectivity index (χ1n) is 10.9. The van der Waals surface area contributed by atoms with Crippen molar-refractivity contribution in [2.45, 2.75) is 33.7 Å². The third-order valence-electron chi connectivity index (χ3n) is 6.16. The minimum atomic E-state index is -0.787. The van der Waals surface area contributed by atoms with Crippen LogP contribution in [0.5, 0.6) is 0 Å². The molecule has 0 aromatic carbocycles. The average molecular weight is 455 g/mol. The van der Waals surface area contributed by atoms with E-state index in [1.807, 2.05) is 13.8 Å². The van der Waals surface area contributed by atoms with Crippen LogP contribution in [0.15, 0.2) is 30.1 Å². The molecule has 0 aliphatic carbocycles. The van der Waals surface area contributed by atoms with Gasteiger partial charge in [-0.3, -0.25) is 14.6 Å². The van der Waals surface area contributed by atoms with Gasteiger partial charge in [0, 0.05) is 36.7 Å². The van der Waals surface area contributed by atoms with Crippen LogP contribution >= 0.6 is 0 Å². The number of esters is 1. The van der Waals surface area contributed by atoms with Crippen LogP contribution in [-0.4, -0.2) is 75.8 Å². The lowest BCUT2D eigenvalue weighted by Gasteiger charge is -2.28. The number of rotatable bonds is 8. The number of hydrogen-bond donors (Lipinski definition) is 2. The SMILES string of the molecule is CCN(CC)CCN1C(=O)C(=O)C(=C(O)c2c(C)[nH]c(C(=O)OC)c2C)[C@H]1c1cccnc1. The number of aromatic nitrogens is 2. The molecule has 1 aliphatic heterocycles. The highest BCUT2D eigenvalue weighted by molar-refractivity contribution is 6.46. The van der Waals surface area contributed by atoms with Gasteiger partial charge in [0.2, 0.25) is 0 Å². The lowest BCUT2D eigenvalue weighted by Crippen LogP contribution is -2.38. The quantitative estimate of drug-likeness (QED) is 0.273. The number of aliphatic hydroxyl groups is 1. The number of ether oxygens (including phenoxy) is 1. The molecule has 9 heteroatoms. The molecule has 0 unspecified atom stereocenters. The molecule has 3 heterocycles. The third kappa shape index (κ3) is 4.41. The third-order valence-corrected chi connectivity index (χ3v) is 6.16. The van der Waals surface area contributed by atoms with Crippen molar-refractivity contribution >= 4 is 23.4 Å². The molecule has 0 spiro atoms. The van der Waals surface area contributed by atoms with E-state index in [-0.39, 0.29) is 17.0 Å². The maximum Gasteiger partial charge on any atom is 0.354 e. The van der Waals surface area contributed by atoms with Crippen LogP contribution in [0.25, 0.3) is 5.76 Å². The van der Waals surface area contributed by atoms with Crippen molar-refractivity contribution in [3.05, 3.63) is 58.2 Å². The van der Waals surface area contributed by atoms with Crippen LogP contribution in [-0.2, 0) is 14.3 Å². The number of hydrogen-bond acceptors (Lipinski definition) is 7. The zero-order chi connectivity index (χ0) is 24.3. The van der Waals surface area contributed by atoms with Gasteiger partial charge in [-0.2, -0.15) is 0 Å². The fraction of sp³-hybridized carbons (Fsp3) is 0.417. The number of likely N-dealkylation sites (N-methyl/N-ethyl adjacent to an activating group) is 1. The summed E-state index contributed by atoms with van der Waals surface area (Å²) in [6, 6.07) is 2.71. The van der Waals surface area contributed by atoms with Crippen LogP contribution in [0.2, 0.25) is 0 Å². The number of amides is 1. The van der Waals surface area contributed by atoms with E-state index in [0.717, 1.165) is 13.1 Å². The molecule has 0 saturated carbocycles. The fourth-order valence-corrected chi connectivity index (χ4v) is 4.33. The van der Waals surface area contributed by atoms with Crippen molar-refractivity contribution in [2.75, 3.05) is 33.3 Å². The fourth-order valence-electron chi connectivity index (χ4n) is 4.33. The highest BCUT2D eigenvalue weighted by atomic mass is 16.5. The van der Waals surface area contributed by atoms with E-state index >= 15 is 0 Å². The molecular formula is C24H30N4O5. The van der Waals surface area contributed by atoms with E-state index in [9.17, 15) is 19.5 Å². The Morgan fingerprint density at radius 2 is 1.97 bits per heavy atom. The smallest absolute Gasteiger partial charge is 0.354 e. The van der Waals surface area contributed by atoms with Gasteiger partial charge in [-0.15, -0.1) is 0 Å². The molecule has 176 valence electrons. The number of carbonyl (C=O) groups is 3.